The predicted octanol–water partition coefficient (Wildman–Crippen LogP) is 1.65. The molecule has 2 aromatic rings. The smallest absolute Gasteiger partial charge is 0.242 e. The highest BCUT2D eigenvalue weighted by Crippen LogP contribution is 2.39. The zero-order valence-electron chi connectivity index (χ0n) is 8.07. The first-order chi connectivity index (χ1) is 6.86. The maximum atomic E-state index is 4.30. The molecule has 0 aromatic carbocycles. The van der Waals surface area contributed by atoms with Crippen LogP contribution in [0.15, 0.2) is 18.3 Å². The molecule has 1 N–H and O–H groups in total. The van der Waals surface area contributed by atoms with Gasteiger partial charge in [0.2, 0.25) is 5.95 Å². The number of rotatable bonds is 2. The molecule has 1 aliphatic carbocycles. The Kier molecular flexibility index (Phi) is 1.50. The lowest BCUT2D eigenvalue weighted by molar-refractivity contribution is 0.934. The maximum absolute atomic E-state index is 4.30. The van der Waals surface area contributed by atoms with Crippen LogP contribution in [0.1, 0.15) is 24.3 Å². The maximum Gasteiger partial charge on any atom is 0.242 e. The Morgan fingerprint density at radius 1 is 1.43 bits per heavy atom. The van der Waals surface area contributed by atoms with Crippen LogP contribution >= 0.6 is 0 Å². The van der Waals surface area contributed by atoms with Crippen molar-refractivity contribution in [1.29, 1.82) is 0 Å². The second-order valence-corrected chi connectivity index (χ2v) is 3.72. The predicted molar refractivity (Wildman–Crippen MR) is 54.5 cm³/mol. The first-order valence-electron chi connectivity index (χ1n) is 4.91. The van der Waals surface area contributed by atoms with E-state index in [0.29, 0.717) is 5.95 Å². The van der Waals surface area contributed by atoms with Gasteiger partial charge in [0.05, 0.1) is 0 Å². The van der Waals surface area contributed by atoms with E-state index >= 15 is 0 Å². The minimum absolute atomic E-state index is 0.679. The molecule has 1 saturated carbocycles. The number of hydrogen-bond donors (Lipinski definition) is 1. The Morgan fingerprint density at radius 3 is 3.00 bits per heavy atom. The summed E-state index contributed by atoms with van der Waals surface area (Å²) in [5.41, 5.74) is 2.28. The van der Waals surface area contributed by atoms with Gasteiger partial charge in [-0.3, -0.25) is 0 Å². The Hall–Kier alpha value is -1.58. The van der Waals surface area contributed by atoms with E-state index in [-0.39, 0.29) is 0 Å². The summed E-state index contributed by atoms with van der Waals surface area (Å²) in [7, 11) is 1.83. The van der Waals surface area contributed by atoms with Crippen molar-refractivity contribution in [3.63, 3.8) is 0 Å². The summed E-state index contributed by atoms with van der Waals surface area (Å²) in [6.07, 6.45) is 4.72. The van der Waals surface area contributed by atoms with E-state index in [2.05, 4.69) is 27.7 Å². The molecule has 4 heteroatoms. The molecule has 0 saturated heterocycles. The quantitative estimate of drug-likeness (QED) is 0.779. The third-order valence-electron chi connectivity index (χ3n) is 2.63. The van der Waals surface area contributed by atoms with Crippen LogP contribution in [-0.4, -0.2) is 21.6 Å². The zero-order chi connectivity index (χ0) is 9.54. The monoisotopic (exact) mass is 188 g/mol. The molecule has 4 nitrogen and oxygen atoms in total. The van der Waals surface area contributed by atoms with E-state index < -0.39 is 0 Å². The number of pyridine rings is 1. The van der Waals surface area contributed by atoms with E-state index in [0.717, 1.165) is 11.6 Å². The first-order valence-corrected chi connectivity index (χ1v) is 4.91. The number of hydrogen-bond acceptors (Lipinski definition) is 3. The van der Waals surface area contributed by atoms with Crippen molar-refractivity contribution in [3.05, 3.63) is 23.9 Å². The SMILES string of the molecule is CNc1nc2ccc(C3CC3)cn2n1. The van der Waals surface area contributed by atoms with Gasteiger partial charge in [-0.2, -0.15) is 4.98 Å². The van der Waals surface area contributed by atoms with Gasteiger partial charge in [-0.15, -0.1) is 5.10 Å². The van der Waals surface area contributed by atoms with Gasteiger partial charge in [-0.1, -0.05) is 6.07 Å². The third-order valence-corrected chi connectivity index (χ3v) is 2.63. The molecule has 0 radical (unpaired) electrons. The van der Waals surface area contributed by atoms with Gasteiger partial charge in [-0.25, -0.2) is 4.52 Å². The minimum Gasteiger partial charge on any atom is -0.356 e. The van der Waals surface area contributed by atoms with Crippen molar-refractivity contribution in [1.82, 2.24) is 14.6 Å². The lowest BCUT2D eigenvalue weighted by Gasteiger charge is -1.96. The molecule has 0 aliphatic heterocycles. The fraction of sp³-hybridized carbons (Fsp3) is 0.400. The minimum atomic E-state index is 0.679. The molecule has 0 bridgehead atoms. The summed E-state index contributed by atoms with van der Waals surface area (Å²) in [5, 5.41) is 7.23. The highest BCUT2D eigenvalue weighted by Gasteiger charge is 2.23. The van der Waals surface area contributed by atoms with Crippen molar-refractivity contribution in [3.8, 4) is 0 Å². The van der Waals surface area contributed by atoms with Crippen molar-refractivity contribution >= 4 is 11.6 Å². The molecule has 0 atom stereocenters. The Balaban J connectivity index is 2.12. The Labute approximate surface area is 82.0 Å². The lowest BCUT2D eigenvalue weighted by Crippen LogP contribution is -1.92. The van der Waals surface area contributed by atoms with Gasteiger partial charge in [-0.05, 0) is 30.4 Å². The van der Waals surface area contributed by atoms with Crippen molar-refractivity contribution < 1.29 is 0 Å². The van der Waals surface area contributed by atoms with E-state index in [1.807, 2.05) is 17.6 Å². The zero-order valence-corrected chi connectivity index (χ0v) is 8.07. The van der Waals surface area contributed by atoms with Gasteiger partial charge in [0, 0.05) is 13.2 Å². The highest BCUT2D eigenvalue weighted by atomic mass is 15.3. The van der Waals surface area contributed by atoms with E-state index in [1.165, 1.54) is 18.4 Å². The standard InChI is InChI=1S/C10H12N4/c1-11-10-12-9-5-4-8(7-2-3-7)6-14(9)13-10/h4-7H,2-3H2,1H3,(H,11,13). The van der Waals surface area contributed by atoms with Crippen LogP contribution in [-0.2, 0) is 0 Å². The van der Waals surface area contributed by atoms with Gasteiger partial charge in [0.15, 0.2) is 5.65 Å². The molecule has 3 rings (SSSR count). The van der Waals surface area contributed by atoms with Gasteiger partial charge >= 0.3 is 0 Å². The van der Waals surface area contributed by atoms with E-state index in [1.54, 1.807) is 0 Å². The van der Waals surface area contributed by atoms with Crippen molar-refractivity contribution in [2.75, 3.05) is 12.4 Å². The van der Waals surface area contributed by atoms with Gasteiger partial charge in [0.25, 0.3) is 0 Å². The first kappa shape index (κ1) is 7.79. The summed E-state index contributed by atoms with van der Waals surface area (Å²) in [5.74, 6) is 1.44. The fourth-order valence-electron chi connectivity index (χ4n) is 1.66. The molecule has 2 aromatic heterocycles. The molecular weight excluding hydrogens is 176 g/mol. The van der Waals surface area contributed by atoms with Gasteiger partial charge < -0.3 is 5.32 Å². The van der Waals surface area contributed by atoms with Crippen molar-refractivity contribution in [2.24, 2.45) is 0 Å². The van der Waals surface area contributed by atoms with Crippen LogP contribution in [0.25, 0.3) is 5.65 Å². The number of aromatic nitrogens is 3. The highest BCUT2D eigenvalue weighted by molar-refractivity contribution is 5.44. The summed E-state index contributed by atoms with van der Waals surface area (Å²) in [4.78, 5) is 4.29. The van der Waals surface area contributed by atoms with Crippen LogP contribution < -0.4 is 5.32 Å². The molecular formula is C10H12N4. The molecule has 1 fully saturated rings. The average Bonchev–Trinajstić information content (AvgIpc) is 2.97. The van der Waals surface area contributed by atoms with E-state index in [4.69, 9.17) is 0 Å². The summed E-state index contributed by atoms with van der Waals surface area (Å²) in [6.45, 7) is 0. The number of nitrogens with zero attached hydrogens (tertiary/aromatic N) is 3. The van der Waals surface area contributed by atoms with Crippen LogP contribution in [0.3, 0.4) is 0 Å². The largest absolute Gasteiger partial charge is 0.356 e. The van der Waals surface area contributed by atoms with Crippen LogP contribution in [0.4, 0.5) is 5.95 Å². The fourth-order valence-corrected chi connectivity index (χ4v) is 1.66. The van der Waals surface area contributed by atoms with Crippen LogP contribution in [0, 0.1) is 0 Å². The molecule has 14 heavy (non-hydrogen) atoms. The summed E-state index contributed by atoms with van der Waals surface area (Å²) in [6, 6.07) is 4.18. The second kappa shape index (κ2) is 2.70. The molecule has 1 aliphatic rings. The lowest BCUT2D eigenvalue weighted by atomic mass is 10.2. The van der Waals surface area contributed by atoms with Crippen molar-refractivity contribution in [2.45, 2.75) is 18.8 Å². The second-order valence-electron chi connectivity index (χ2n) is 3.72. The number of anilines is 1. The molecule has 0 amide bonds. The van der Waals surface area contributed by atoms with Gasteiger partial charge in [0.1, 0.15) is 0 Å². The summed E-state index contributed by atoms with van der Waals surface area (Å²) < 4.78 is 1.85. The van der Waals surface area contributed by atoms with Crippen LogP contribution in [0.2, 0.25) is 0 Å². The number of nitrogens with one attached hydrogen (secondary N) is 1. The van der Waals surface area contributed by atoms with E-state index in [9.17, 15) is 0 Å². The number of fused-ring (bicyclic) bond motifs is 1. The average molecular weight is 188 g/mol. The third kappa shape index (κ3) is 1.14. The normalized spacial score (nSPS) is 16.1. The molecule has 0 unspecified atom stereocenters. The van der Waals surface area contributed by atoms with Crippen LogP contribution in [0.5, 0.6) is 0 Å². The molecule has 0 spiro atoms. The molecule has 2 heterocycles. The summed E-state index contributed by atoms with van der Waals surface area (Å²) >= 11 is 0. The topological polar surface area (TPSA) is 42.2 Å². The Bertz CT molecular complexity index is 470. The Morgan fingerprint density at radius 2 is 2.29 bits per heavy atom. The molecule has 72 valence electrons.